The van der Waals surface area contributed by atoms with Crippen LogP contribution < -0.4 is 10.2 Å². The van der Waals surface area contributed by atoms with Gasteiger partial charge in [-0.3, -0.25) is 0 Å². The second kappa shape index (κ2) is 8.01. The van der Waals surface area contributed by atoms with E-state index in [2.05, 4.69) is 47.5 Å². The first kappa shape index (κ1) is 17.3. The van der Waals surface area contributed by atoms with E-state index in [9.17, 15) is 4.79 Å². The molecule has 3 rings (SSSR count). The van der Waals surface area contributed by atoms with Crippen LogP contribution in [0.15, 0.2) is 42.5 Å². The highest BCUT2D eigenvalue weighted by atomic mass is 16.4. The quantitative estimate of drug-likeness (QED) is 0.866. The third kappa shape index (κ3) is 4.50. The van der Waals surface area contributed by atoms with Gasteiger partial charge in [-0.05, 0) is 49.8 Å². The van der Waals surface area contributed by atoms with Crippen molar-refractivity contribution in [2.24, 2.45) is 5.92 Å². The topological polar surface area (TPSA) is 65.5 Å². The Morgan fingerprint density at radius 3 is 2.68 bits per heavy atom. The molecule has 1 saturated heterocycles. The van der Waals surface area contributed by atoms with Gasteiger partial charge in [0.15, 0.2) is 0 Å². The van der Waals surface area contributed by atoms with E-state index in [4.69, 9.17) is 10.1 Å². The van der Waals surface area contributed by atoms with Crippen molar-refractivity contribution in [2.75, 3.05) is 24.5 Å². The number of carbonyl (C=O) groups is 1. The summed E-state index contributed by atoms with van der Waals surface area (Å²) in [6.07, 6.45) is 2.14. The molecule has 1 aromatic carbocycles. The van der Waals surface area contributed by atoms with Crippen LogP contribution >= 0.6 is 0 Å². The van der Waals surface area contributed by atoms with Crippen LogP contribution in [0.4, 0.5) is 10.6 Å². The largest absolute Gasteiger partial charge is 0.465 e. The maximum atomic E-state index is 10.5. The Hall–Kier alpha value is -2.56. The van der Waals surface area contributed by atoms with Crippen LogP contribution in [0.25, 0.3) is 11.3 Å². The monoisotopic (exact) mass is 339 g/mol. The van der Waals surface area contributed by atoms with Gasteiger partial charge in [-0.15, -0.1) is 0 Å². The first-order chi connectivity index (χ1) is 12.1. The molecule has 2 heterocycles. The predicted molar refractivity (Wildman–Crippen MR) is 100.0 cm³/mol. The molecule has 1 fully saturated rings. The van der Waals surface area contributed by atoms with Crippen molar-refractivity contribution in [3.63, 3.8) is 0 Å². The molecule has 0 atom stereocenters. The number of nitrogens with one attached hydrogen (secondary N) is 1. The number of pyridine rings is 1. The van der Waals surface area contributed by atoms with Gasteiger partial charge in [-0.1, -0.05) is 30.3 Å². The number of nitrogens with zero attached hydrogens (tertiary/aromatic N) is 2. The van der Waals surface area contributed by atoms with E-state index in [-0.39, 0.29) is 0 Å². The lowest BCUT2D eigenvalue weighted by Crippen LogP contribution is -2.35. The zero-order valence-corrected chi connectivity index (χ0v) is 14.6. The Kier molecular flexibility index (Phi) is 5.53. The van der Waals surface area contributed by atoms with Crippen LogP contribution in [0.3, 0.4) is 0 Å². The van der Waals surface area contributed by atoms with Crippen LogP contribution in [0.2, 0.25) is 0 Å². The molecule has 2 aromatic rings. The van der Waals surface area contributed by atoms with Crippen molar-refractivity contribution in [2.45, 2.75) is 26.2 Å². The lowest BCUT2D eigenvalue weighted by Gasteiger charge is -2.33. The maximum absolute atomic E-state index is 10.5. The van der Waals surface area contributed by atoms with Gasteiger partial charge in [0.25, 0.3) is 0 Å². The third-order valence-corrected chi connectivity index (χ3v) is 4.92. The van der Waals surface area contributed by atoms with Crippen molar-refractivity contribution in [1.82, 2.24) is 10.3 Å². The minimum atomic E-state index is -0.936. The van der Waals surface area contributed by atoms with Crippen molar-refractivity contribution < 1.29 is 9.90 Å². The standard InChI is InChI=1S/C20H25N3O2/c1-15-5-2-3-6-17(15)18-7-4-8-19(22-18)23-13-10-16(11-14-23)9-12-21-20(24)25/h2-8,16,21H,9-14H2,1H3,(H,24,25). The van der Waals surface area contributed by atoms with Gasteiger partial charge in [0, 0.05) is 25.2 Å². The van der Waals surface area contributed by atoms with Crippen molar-refractivity contribution in [3.8, 4) is 11.3 Å². The summed E-state index contributed by atoms with van der Waals surface area (Å²) >= 11 is 0. The minimum Gasteiger partial charge on any atom is -0.465 e. The van der Waals surface area contributed by atoms with E-state index < -0.39 is 6.09 Å². The van der Waals surface area contributed by atoms with Gasteiger partial charge in [-0.2, -0.15) is 0 Å². The average molecular weight is 339 g/mol. The number of rotatable bonds is 5. The molecule has 5 nitrogen and oxygen atoms in total. The first-order valence-electron chi connectivity index (χ1n) is 8.88. The lowest BCUT2D eigenvalue weighted by molar-refractivity contribution is 0.193. The summed E-state index contributed by atoms with van der Waals surface area (Å²) in [6, 6.07) is 14.5. The van der Waals surface area contributed by atoms with Gasteiger partial charge < -0.3 is 15.3 Å². The summed E-state index contributed by atoms with van der Waals surface area (Å²) in [6.45, 7) is 4.60. The van der Waals surface area contributed by atoms with Crippen LogP contribution in [-0.2, 0) is 0 Å². The van der Waals surface area contributed by atoms with Gasteiger partial charge in [0.05, 0.1) is 5.69 Å². The van der Waals surface area contributed by atoms with E-state index >= 15 is 0 Å². The molecule has 2 N–H and O–H groups in total. The second-order valence-electron chi connectivity index (χ2n) is 6.65. The highest BCUT2D eigenvalue weighted by Crippen LogP contribution is 2.27. The highest BCUT2D eigenvalue weighted by Gasteiger charge is 2.20. The van der Waals surface area contributed by atoms with E-state index in [1.807, 2.05) is 12.1 Å². The summed E-state index contributed by atoms with van der Waals surface area (Å²) in [7, 11) is 0. The molecular weight excluding hydrogens is 314 g/mol. The fraction of sp³-hybridized carbons (Fsp3) is 0.400. The zero-order chi connectivity index (χ0) is 17.6. The Balaban J connectivity index is 1.61. The molecule has 0 spiro atoms. The molecule has 25 heavy (non-hydrogen) atoms. The van der Waals surface area contributed by atoms with E-state index in [1.54, 1.807) is 0 Å². The predicted octanol–water partition coefficient (Wildman–Crippen LogP) is 3.93. The van der Waals surface area contributed by atoms with E-state index in [1.165, 1.54) is 11.1 Å². The average Bonchev–Trinajstić information content (AvgIpc) is 2.62. The second-order valence-corrected chi connectivity index (χ2v) is 6.65. The van der Waals surface area contributed by atoms with Crippen molar-refractivity contribution >= 4 is 11.9 Å². The van der Waals surface area contributed by atoms with Crippen LogP contribution in [0.5, 0.6) is 0 Å². The van der Waals surface area contributed by atoms with E-state index in [0.717, 1.165) is 43.9 Å². The SMILES string of the molecule is Cc1ccccc1-c1cccc(N2CCC(CCNC(=O)O)CC2)n1. The number of aromatic nitrogens is 1. The number of aryl methyl sites for hydroxylation is 1. The number of piperidine rings is 1. The summed E-state index contributed by atoms with van der Waals surface area (Å²) in [5.41, 5.74) is 3.43. The molecule has 0 bridgehead atoms. The number of hydrogen-bond acceptors (Lipinski definition) is 3. The summed E-state index contributed by atoms with van der Waals surface area (Å²) < 4.78 is 0. The fourth-order valence-corrected chi connectivity index (χ4v) is 3.44. The smallest absolute Gasteiger partial charge is 0.404 e. The first-order valence-corrected chi connectivity index (χ1v) is 8.88. The molecule has 1 aliphatic heterocycles. The fourth-order valence-electron chi connectivity index (χ4n) is 3.44. The van der Waals surface area contributed by atoms with Crippen LogP contribution in [-0.4, -0.2) is 35.8 Å². The molecule has 1 amide bonds. The van der Waals surface area contributed by atoms with Gasteiger partial charge in [0.1, 0.15) is 5.82 Å². The van der Waals surface area contributed by atoms with Crippen molar-refractivity contribution in [1.29, 1.82) is 0 Å². The number of anilines is 1. The third-order valence-electron chi connectivity index (χ3n) is 4.92. The molecule has 1 aliphatic rings. The van der Waals surface area contributed by atoms with Gasteiger partial charge in [-0.25, -0.2) is 9.78 Å². The number of benzene rings is 1. The summed E-state index contributed by atoms with van der Waals surface area (Å²) in [5.74, 6) is 1.62. The summed E-state index contributed by atoms with van der Waals surface area (Å²) in [4.78, 5) is 17.7. The zero-order valence-electron chi connectivity index (χ0n) is 14.6. The summed E-state index contributed by atoms with van der Waals surface area (Å²) in [5, 5.41) is 11.1. The molecule has 0 aliphatic carbocycles. The Morgan fingerprint density at radius 2 is 1.96 bits per heavy atom. The lowest BCUT2D eigenvalue weighted by atomic mass is 9.93. The van der Waals surface area contributed by atoms with Gasteiger partial charge >= 0.3 is 6.09 Å². The molecule has 132 valence electrons. The Morgan fingerprint density at radius 1 is 1.20 bits per heavy atom. The van der Waals surface area contributed by atoms with Crippen LogP contribution in [0.1, 0.15) is 24.8 Å². The van der Waals surface area contributed by atoms with Crippen LogP contribution in [0, 0.1) is 12.8 Å². The van der Waals surface area contributed by atoms with E-state index in [0.29, 0.717) is 12.5 Å². The Bertz CT molecular complexity index is 724. The normalized spacial score (nSPS) is 15.2. The van der Waals surface area contributed by atoms with Gasteiger partial charge in [0.2, 0.25) is 0 Å². The number of amides is 1. The molecule has 0 radical (unpaired) electrons. The molecular formula is C20H25N3O2. The maximum Gasteiger partial charge on any atom is 0.404 e. The number of hydrogen-bond donors (Lipinski definition) is 2. The van der Waals surface area contributed by atoms with Crippen molar-refractivity contribution in [3.05, 3.63) is 48.0 Å². The highest BCUT2D eigenvalue weighted by molar-refractivity contribution is 5.65. The molecule has 0 unspecified atom stereocenters. The molecule has 0 saturated carbocycles. The molecule has 5 heteroatoms. The minimum absolute atomic E-state index is 0.543. The molecule has 1 aromatic heterocycles. The number of carboxylic acid groups (broad SMARTS) is 1. The Labute approximate surface area is 148 Å².